The number of rotatable bonds is 3. The van der Waals surface area contributed by atoms with Crippen molar-refractivity contribution < 1.29 is 18.4 Å². The highest BCUT2D eigenvalue weighted by Gasteiger charge is 2.35. The van der Waals surface area contributed by atoms with Crippen molar-refractivity contribution in [1.82, 2.24) is 9.80 Å². The summed E-state index contributed by atoms with van der Waals surface area (Å²) in [5.41, 5.74) is 1.29. The van der Waals surface area contributed by atoms with E-state index < -0.39 is 0 Å². The van der Waals surface area contributed by atoms with Gasteiger partial charge in [0.25, 0.3) is 5.91 Å². The van der Waals surface area contributed by atoms with Crippen LogP contribution in [0.1, 0.15) is 23.2 Å². The molecule has 0 spiro atoms. The maximum absolute atomic E-state index is 13.1. The van der Waals surface area contributed by atoms with Gasteiger partial charge in [-0.1, -0.05) is 0 Å². The fourth-order valence-corrected chi connectivity index (χ4v) is 3.66. The van der Waals surface area contributed by atoms with Gasteiger partial charge in [0, 0.05) is 24.8 Å². The predicted octanol–water partition coefficient (Wildman–Crippen LogP) is 2.33. The summed E-state index contributed by atoms with van der Waals surface area (Å²) in [4.78, 5) is 30.4. The normalized spacial score (nSPS) is 19.3. The molecule has 136 valence electrons. The first kappa shape index (κ1) is 16.8. The Hall–Kier alpha value is -2.67. The van der Waals surface area contributed by atoms with Crippen molar-refractivity contribution in [3.8, 4) is 0 Å². The topological polar surface area (TPSA) is 57.0 Å². The molecule has 1 aromatic heterocycles. The van der Waals surface area contributed by atoms with Crippen LogP contribution in [0.2, 0.25) is 0 Å². The molecule has 1 aromatic carbocycles. The van der Waals surface area contributed by atoms with E-state index in [4.69, 9.17) is 4.42 Å². The number of carbonyl (C=O) groups is 2. The summed E-state index contributed by atoms with van der Waals surface area (Å²) in [6.45, 7) is 2.19. The van der Waals surface area contributed by atoms with Gasteiger partial charge < -0.3 is 9.32 Å². The van der Waals surface area contributed by atoms with Crippen LogP contribution in [0, 0.1) is 5.82 Å². The molecule has 0 N–H and O–H groups in total. The van der Waals surface area contributed by atoms with Crippen LogP contribution in [0.15, 0.2) is 47.3 Å². The van der Waals surface area contributed by atoms with E-state index in [0.717, 1.165) is 12.8 Å². The van der Waals surface area contributed by atoms with Crippen molar-refractivity contribution >= 4 is 17.5 Å². The number of likely N-dealkylation sites (tertiary alicyclic amines) is 1. The highest BCUT2D eigenvalue weighted by atomic mass is 19.1. The average Bonchev–Trinajstić information content (AvgIpc) is 3.32. The van der Waals surface area contributed by atoms with Gasteiger partial charge in [-0.05, 0) is 43.2 Å². The summed E-state index contributed by atoms with van der Waals surface area (Å²) in [7, 11) is 0. The van der Waals surface area contributed by atoms with Crippen LogP contribution in [-0.2, 0) is 4.79 Å². The van der Waals surface area contributed by atoms with E-state index in [1.165, 1.54) is 24.7 Å². The van der Waals surface area contributed by atoms with Gasteiger partial charge in [-0.2, -0.15) is 0 Å². The molecule has 2 saturated heterocycles. The van der Waals surface area contributed by atoms with E-state index in [0.29, 0.717) is 37.6 Å². The lowest BCUT2D eigenvalue weighted by Crippen LogP contribution is -2.46. The van der Waals surface area contributed by atoms with Gasteiger partial charge in [0.15, 0.2) is 0 Å². The van der Waals surface area contributed by atoms with E-state index in [1.807, 2.05) is 4.90 Å². The third kappa shape index (κ3) is 3.22. The third-order valence-corrected chi connectivity index (χ3v) is 5.14. The molecular weight excluding hydrogens is 337 g/mol. The molecule has 0 bridgehead atoms. The second-order valence-electron chi connectivity index (χ2n) is 6.72. The van der Waals surface area contributed by atoms with E-state index >= 15 is 0 Å². The van der Waals surface area contributed by atoms with Gasteiger partial charge in [0.2, 0.25) is 5.91 Å². The first-order valence-electron chi connectivity index (χ1n) is 8.73. The number of hydrogen-bond acceptors (Lipinski definition) is 4. The Morgan fingerprint density at radius 2 is 1.85 bits per heavy atom. The summed E-state index contributed by atoms with van der Waals surface area (Å²) in [6.07, 6.45) is 4.62. The van der Waals surface area contributed by atoms with Crippen molar-refractivity contribution in [3.63, 3.8) is 0 Å². The molecule has 3 heterocycles. The lowest BCUT2D eigenvalue weighted by atomic mass is 10.0. The van der Waals surface area contributed by atoms with Gasteiger partial charge in [0.1, 0.15) is 12.1 Å². The second kappa shape index (κ2) is 6.92. The fraction of sp³-hybridized carbons (Fsp3) is 0.368. The Balaban J connectivity index is 1.36. The van der Waals surface area contributed by atoms with Gasteiger partial charge >= 0.3 is 0 Å². The van der Waals surface area contributed by atoms with Crippen molar-refractivity contribution in [2.75, 3.05) is 31.2 Å². The van der Waals surface area contributed by atoms with Crippen LogP contribution < -0.4 is 4.90 Å². The number of anilines is 1. The van der Waals surface area contributed by atoms with E-state index in [-0.39, 0.29) is 23.7 Å². The number of benzene rings is 1. The minimum atomic E-state index is -0.313. The molecular formula is C19H20FN3O3. The van der Waals surface area contributed by atoms with Crippen LogP contribution in [-0.4, -0.2) is 54.0 Å². The third-order valence-electron chi connectivity index (χ3n) is 5.14. The largest absolute Gasteiger partial charge is 0.472 e. The molecule has 2 aliphatic heterocycles. The maximum atomic E-state index is 13.1. The molecule has 2 fully saturated rings. The Kier molecular flexibility index (Phi) is 4.46. The van der Waals surface area contributed by atoms with E-state index in [2.05, 4.69) is 4.90 Å². The lowest BCUT2D eigenvalue weighted by Gasteiger charge is -2.36. The molecule has 7 heteroatoms. The summed E-state index contributed by atoms with van der Waals surface area (Å²) >= 11 is 0. The molecule has 0 aliphatic carbocycles. The zero-order valence-corrected chi connectivity index (χ0v) is 14.3. The van der Waals surface area contributed by atoms with Crippen LogP contribution in [0.3, 0.4) is 0 Å². The standard InChI is InChI=1S/C19H20FN3O3/c20-15-1-3-17(4-2-15)23-13-22(11-18(23)24)16-5-8-21(9-6-16)19(25)14-7-10-26-12-14/h1-4,7,10,12,16H,5-6,8-9,11,13H2. The number of furan rings is 1. The number of nitrogens with zero attached hydrogens (tertiary/aromatic N) is 3. The number of amides is 2. The van der Waals surface area contributed by atoms with Gasteiger partial charge in [-0.25, -0.2) is 4.39 Å². The van der Waals surface area contributed by atoms with Crippen LogP contribution in [0.4, 0.5) is 10.1 Å². The minimum absolute atomic E-state index is 0.0114. The number of piperidine rings is 1. The molecule has 2 amide bonds. The Morgan fingerprint density at radius 1 is 1.12 bits per heavy atom. The maximum Gasteiger partial charge on any atom is 0.257 e. The molecule has 0 radical (unpaired) electrons. The zero-order chi connectivity index (χ0) is 18.1. The lowest BCUT2D eigenvalue weighted by molar-refractivity contribution is -0.117. The Morgan fingerprint density at radius 3 is 2.50 bits per heavy atom. The van der Waals surface area contributed by atoms with Gasteiger partial charge in [-0.15, -0.1) is 0 Å². The van der Waals surface area contributed by atoms with E-state index in [1.54, 1.807) is 23.1 Å². The number of hydrogen-bond donors (Lipinski definition) is 0. The van der Waals surface area contributed by atoms with Crippen molar-refractivity contribution in [2.45, 2.75) is 18.9 Å². The van der Waals surface area contributed by atoms with Gasteiger partial charge in [-0.3, -0.25) is 19.4 Å². The molecule has 0 unspecified atom stereocenters. The van der Waals surface area contributed by atoms with Crippen molar-refractivity contribution in [1.29, 1.82) is 0 Å². The predicted molar refractivity (Wildman–Crippen MR) is 93.1 cm³/mol. The molecule has 26 heavy (non-hydrogen) atoms. The van der Waals surface area contributed by atoms with Crippen molar-refractivity contribution in [3.05, 3.63) is 54.2 Å². The zero-order valence-electron chi connectivity index (χ0n) is 14.3. The second-order valence-corrected chi connectivity index (χ2v) is 6.72. The monoisotopic (exact) mass is 357 g/mol. The quantitative estimate of drug-likeness (QED) is 0.846. The first-order valence-corrected chi connectivity index (χ1v) is 8.73. The van der Waals surface area contributed by atoms with Crippen LogP contribution >= 0.6 is 0 Å². The van der Waals surface area contributed by atoms with E-state index in [9.17, 15) is 14.0 Å². The summed E-state index contributed by atoms with van der Waals surface area (Å²) in [6, 6.07) is 7.92. The molecule has 6 nitrogen and oxygen atoms in total. The Bertz CT molecular complexity index is 783. The molecule has 4 rings (SSSR count). The Labute approximate surface area is 150 Å². The molecule has 2 aliphatic rings. The fourth-order valence-electron chi connectivity index (χ4n) is 3.66. The van der Waals surface area contributed by atoms with Crippen molar-refractivity contribution in [2.24, 2.45) is 0 Å². The van der Waals surface area contributed by atoms with Gasteiger partial charge in [0.05, 0.1) is 25.0 Å². The first-order chi connectivity index (χ1) is 12.6. The molecule has 0 atom stereocenters. The summed E-state index contributed by atoms with van der Waals surface area (Å²) in [5, 5.41) is 0. The SMILES string of the molecule is O=C(c1ccoc1)N1CCC(N2CC(=O)N(c3ccc(F)cc3)C2)CC1. The molecule has 2 aromatic rings. The van der Waals surface area contributed by atoms with Crippen LogP contribution in [0.5, 0.6) is 0 Å². The summed E-state index contributed by atoms with van der Waals surface area (Å²) < 4.78 is 18.1. The average molecular weight is 357 g/mol. The summed E-state index contributed by atoms with van der Waals surface area (Å²) in [5.74, 6) is -0.303. The highest BCUT2D eigenvalue weighted by molar-refractivity contribution is 5.96. The number of halogens is 1. The highest BCUT2D eigenvalue weighted by Crippen LogP contribution is 2.25. The minimum Gasteiger partial charge on any atom is -0.472 e. The smallest absolute Gasteiger partial charge is 0.257 e. The number of carbonyl (C=O) groups excluding carboxylic acids is 2. The molecule has 0 saturated carbocycles. The van der Waals surface area contributed by atoms with Crippen LogP contribution in [0.25, 0.3) is 0 Å².